The van der Waals surface area contributed by atoms with Gasteiger partial charge in [0, 0.05) is 0 Å². The van der Waals surface area contributed by atoms with E-state index in [-0.39, 0.29) is 5.97 Å². The maximum atomic E-state index is 11.9. The molecule has 0 aliphatic rings. The topological polar surface area (TPSA) is 58.2 Å². The molecule has 99 valence electrons. The van der Waals surface area contributed by atoms with Gasteiger partial charge in [0.15, 0.2) is 0 Å². The molecule has 1 rings (SSSR count). The van der Waals surface area contributed by atoms with Gasteiger partial charge in [0.1, 0.15) is 18.4 Å². The average Bonchev–Trinajstić information content (AvgIpc) is 2.27. The molecule has 0 amide bonds. The Labute approximate surface area is 108 Å². The first-order valence-electron chi connectivity index (χ1n) is 6.00. The number of hydrogen-bond acceptors (Lipinski definition) is 3. The predicted molar refractivity (Wildman–Crippen MR) is 68.5 cm³/mol. The molecule has 0 aliphatic carbocycles. The molecule has 0 heterocycles. The Morgan fingerprint density at radius 1 is 1.28 bits per heavy atom. The maximum absolute atomic E-state index is 11.9. The quantitative estimate of drug-likeness (QED) is 0.641. The minimum absolute atomic E-state index is 0.387. The number of rotatable bonds is 5. The van der Waals surface area contributed by atoms with Gasteiger partial charge in [-0.2, -0.15) is 0 Å². The van der Waals surface area contributed by atoms with Crippen LogP contribution in [0.2, 0.25) is 0 Å². The van der Waals surface area contributed by atoms with Crippen LogP contribution in [0.15, 0.2) is 30.3 Å². The van der Waals surface area contributed by atoms with E-state index < -0.39 is 18.4 Å². The first-order chi connectivity index (χ1) is 8.42. The standard InChI is InChI=1S/C14H20NO3/c1-14(2,3)18-13(17)12(15-10-16)9-11-7-5-4-6-8-11/h4-8,12,15H,9-10H2,1-3H3/t12-/m0/s1. The van der Waals surface area contributed by atoms with Crippen molar-refractivity contribution in [3.05, 3.63) is 35.9 Å². The molecule has 4 heteroatoms. The van der Waals surface area contributed by atoms with Crippen molar-refractivity contribution in [2.75, 3.05) is 6.73 Å². The van der Waals surface area contributed by atoms with Gasteiger partial charge in [-0.05, 0) is 32.8 Å². The Balaban J connectivity index is 2.68. The zero-order chi connectivity index (χ0) is 13.6. The number of ether oxygens (including phenoxy) is 1. The highest BCUT2D eigenvalue weighted by Gasteiger charge is 2.24. The molecule has 0 fully saturated rings. The van der Waals surface area contributed by atoms with Crippen molar-refractivity contribution in [1.29, 1.82) is 0 Å². The van der Waals surface area contributed by atoms with Crippen LogP contribution in [0.5, 0.6) is 0 Å². The lowest BCUT2D eigenvalue weighted by atomic mass is 10.1. The molecule has 18 heavy (non-hydrogen) atoms. The van der Waals surface area contributed by atoms with E-state index in [0.717, 1.165) is 5.56 Å². The van der Waals surface area contributed by atoms with Gasteiger partial charge in [-0.1, -0.05) is 30.3 Å². The van der Waals surface area contributed by atoms with Crippen LogP contribution in [0.3, 0.4) is 0 Å². The van der Waals surface area contributed by atoms with E-state index in [1.807, 2.05) is 51.1 Å². The van der Waals surface area contributed by atoms with Crippen LogP contribution < -0.4 is 5.32 Å². The van der Waals surface area contributed by atoms with Gasteiger partial charge in [0.25, 0.3) is 0 Å². The van der Waals surface area contributed by atoms with Crippen molar-refractivity contribution in [2.45, 2.75) is 38.8 Å². The Bertz CT molecular complexity index is 370. The van der Waals surface area contributed by atoms with E-state index in [9.17, 15) is 9.90 Å². The van der Waals surface area contributed by atoms with E-state index in [0.29, 0.717) is 6.42 Å². The summed E-state index contributed by atoms with van der Waals surface area (Å²) in [5.74, 6) is -0.387. The fourth-order valence-corrected chi connectivity index (χ4v) is 1.56. The van der Waals surface area contributed by atoms with Gasteiger partial charge in [-0.15, -0.1) is 0 Å². The monoisotopic (exact) mass is 250 g/mol. The zero-order valence-electron chi connectivity index (χ0n) is 11.1. The molecule has 0 spiro atoms. The SMILES string of the molecule is CC(C)(C)OC(=O)[C@H](Cc1ccccc1)NC[O]. The van der Waals surface area contributed by atoms with Crippen LogP contribution in [-0.4, -0.2) is 24.3 Å². The molecular weight excluding hydrogens is 230 g/mol. The van der Waals surface area contributed by atoms with Crippen molar-refractivity contribution in [3.8, 4) is 0 Å². The Morgan fingerprint density at radius 2 is 1.89 bits per heavy atom. The first-order valence-corrected chi connectivity index (χ1v) is 6.00. The second-order valence-corrected chi connectivity index (χ2v) is 5.12. The lowest BCUT2D eigenvalue weighted by molar-refractivity contribution is -0.158. The summed E-state index contributed by atoms with van der Waals surface area (Å²) in [5, 5.41) is 13.3. The van der Waals surface area contributed by atoms with Crippen LogP contribution in [0, 0.1) is 0 Å². The van der Waals surface area contributed by atoms with Crippen LogP contribution in [-0.2, 0) is 21.1 Å². The summed E-state index contributed by atoms with van der Waals surface area (Å²) in [6, 6.07) is 8.96. The summed E-state index contributed by atoms with van der Waals surface area (Å²) in [7, 11) is 0. The summed E-state index contributed by atoms with van der Waals surface area (Å²) in [4.78, 5) is 11.9. The lowest BCUT2D eigenvalue weighted by Gasteiger charge is -2.24. The normalized spacial score (nSPS) is 13.1. The van der Waals surface area contributed by atoms with E-state index in [1.165, 1.54) is 0 Å². The third-order valence-corrected chi connectivity index (χ3v) is 2.30. The number of benzene rings is 1. The zero-order valence-corrected chi connectivity index (χ0v) is 11.1. The molecule has 1 aromatic carbocycles. The van der Waals surface area contributed by atoms with Crippen LogP contribution in [0.1, 0.15) is 26.3 Å². The van der Waals surface area contributed by atoms with E-state index in [2.05, 4.69) is 5.32 Å². The van der Waals surface area contributed by atoms with Crippen molar-refractivity contribution in [3.63, 3.8) is 0 Å². The highest BCUT2D eigenvalue weighted by atomic mass is 16.6. The third-order valence-electron chi connectivity index (χ3n) is 2.30. The van der Waals surface area contributed by atoms with E-state index >= 15 is 0 Å². The van der Waals surface area contributed by atoms with Crippen molar-refractivity contribution in [2.24, 2.45) is 0 Å². The number of nitrogens with one attached hydrogen (secondary N) is 1. The van der Waals surface area contributed by atoms with Crippen LogP contribution in [0.25, 0.3) is 0 Å². The molecule has 4 nitrogen and oxygen atoms in total. The summed E-state index contributed by atoms with van der Waals surface area (Å²) < 4.78 is 5.28. The molecule has 1 radical (unpaired) electrons. The molecule has 0 bridgehead atoms. The van der Waals surface area contributed by atoms with E-state index in [1.54, 1.807) is 0 Å². The largest absolute Gasteiger partial charge is 0.459 e. The van der Waals surface area contributed by atoms with Gasteiger partial charge in [-0.25, -0.2) is 5.11 Å². The van der Waals surface area contributed by atoms with Gasteiger partial charge in [0.2, 0.25) is 0 Å². The summed E-state index contributed by atoms with van der Waals surface area (Å²) in [5.41, 5.74) is 0.450. The predicted octanol–water partition coefficient (Wildman–Crippen LogP) is 1.92. The Morgan fingerprint density at radius 3 is 2.39 bits per heavy atom. The Kier molecular flexibility index (Phi) is 5.31. The molecule has 1 N–H and O–H groups in total. The smallest absolute Gasteiger partial charge is 0.324 e. The molecule has 0 unspecified atom stereocenters. The molecular formula is C14H20NO3. The second-order valence-electron chi connectivity index (χ2n) is 5.12. The third kappa shape index (κ3) is 5.29. The van der Waals surface area contributed by atoms with Crippen molar-refractivity contribution >= 4 is 5.97 Å². The minimum atomic E-state index is -0.593. The minimum Gasteiger partial charge on any atom is -0.459 e. The Hall–Kier alpha value is -1.39. The highest BCUT2D eigenvalue weighted by molar-refractivity contribution is 5.76. The van der Waals surface area contributed by atoms with Crippen molar-refractivity contribution < 1.29 is 14.6 Å². The lowest BCUT2D eigenvalue weighted by Crippen LogP contribution is -2.42. The first kappa shape index (κ1) is 14.7. The average molecular weight is 250 g/mol. The fourth-order valence-electron chi connectivity index (χ4n) is 1.56. The number of carbonyl (C=O) groups excluding carboxylic acids is 1. The summed E-state index contributed by atoms with van der Waals surface area (Å²) in [6.07, 6.45) is 0.456. The summed E-state index contributed by atoms with van der Waals surface area (Å²) >= 11 is 0. The maximum Gasteiger partial charge on any atom is 0.324 e. The summed E-state index contributed by atoms with van der Waals surface area (Å²) in [6.45, 7) is 4.92. The number of hydrogen-bond donors (Lipinski definition) is 1. The van der Waals surface area contributed by atoms with Crippen molar-refractivity contribution in [1.82, 2.24) is 5.32 Å². The van der Waals surface area contributed by atoms with Crippen LogP contribution in [0.4, 0.5) is 0 Å². The van der Waals surface area contributed by atoms with Gasteiger partial charge < -0.3 is 4.74 Å². The second kappa shape index (κ2) is 6.52. The van der Waals surface area contributed by atoms with Crippen LogP contribution >= 0.6 is 0 Å². The molecule has 1 aromatic rings. The van der Waals surface area contributed by atoms with E-state index in [4.69, 9.17) is 4.74 Å². The molecule has 0 aromatic heterocycles. The molecule has 1 atom stereocenters. The fraction of sp³-hybridized carbons (Fsp3) is 0.500. The molecule has 0 saturated heterocycles. The number of esters is 1. The number of carbonyl (C=O) groups is 1. The molecule has 0 aliphatic heterocycles. The molecule has 0 saturated carbocycles. The highest BCUT2D eigenvalue weighted by Crippen LogP contribution is 2.11. The van der Waals surface area contributed by atoms with Gasteiger partial charge in [0.05, 0.1) is 0 Å². The van der Waals surface area contributed by atoms with Gasteiger partial charge in [-0.3, -0.25) is 10.1 Å². The van der Waals surface area contributed by atoms with Gasteiger partial charge >= 0.3 is 5.97 Å².